The van der Waals surface area contributed by atoms with Gasteiger partial charge in [-0.05, 0) is 31.2 Å². The number of carbonyl (C=O) groups excluding carboxylic acids is 1. The Bertz CT molecular complexity index is 578. The van der Waals surface area contributed by atoms with Gasteiger partial charge in [-0.3, -0.25) is 4.79 Å². The zero-order chi connectivity index (χ0) is 14.7. The monoisotopic (exact) mass is 310 g/mol. The molecular formula is C14H18N2O2S2. The van der Waals surface area contributed by atoms with Gasteiger partial charge < -0.3 is 10.4 Å². The Kier molecular flexibility index (Phi) is 4.91. The van der Waals surface area contributed by atoms with Crippen LogP contribution in [0.2, 0.25) is 0 Å². The maximum atomic E-state index is 12.3. The number of hydrogen-bond acceptors (Lipinski definition) is 5. The van der Waals surface area contributed by atoms with E-state index in [4.69, 9.17) is 5.11 Å². The largest absolute Gasteiger partial charge is 0.396 e. The molecule has 2 rings (SSSR count). The molecule has 2 aromatic rings. The van der Waals surface area contributed by atoms with E-state index in [9.17, 15) is 4.79 Å². The van der Waals surface area contributed by atoms with Gasteiger partial charge in [0.25, 0.3) is 5.91 Å². The number of carbonyl (C=O) groups is 1. The molecule has 108 valence electrons. The molecule has 0 saturated carbocycles. The average Bonchev–Trinajstić information content (AvgIpc) is 3.06. The second-order valence-electron chi connectivity index (χ2n) is 4.87. The van der Waals surface area contributed by atoms with Crippen molar-refractivity contribution in [2.45, 2.75) is 26.8 Å². The summed E-state index contributed by atoms with van der Waals surface area (Å²) in [6, 6.07) is 1.93. The SMILES string of the molecule is Cc1nc(-c2ccsc2)sc1C(=O)NC(C)C(C)CO. The van der Waals surface area contributed by atoms with Gasteiger partial charge >= 0.3 is 0 Å². The summed E-state index contributed by atoms with van der Waals surface area (Å²) in [4.78, 5) is 17.4. The lowest BCUT2D eigenvalue weighted by molar-refractivity contribution is 0.0919. The molecule has 0 aliphatic heterocycles. The number of nitrogens with one attached hydrogen (secondary N) is 1. The van der Waals surface area contributed by atoms with Crippen LogP contribution in [0.15, 0.2) is 16.8 Å². The Hall–Kier alpha value is -1.24. The Morgan fingerprint density at radius 2 is 2.25 bits per heavy atom. The highest BCUT2D eigenvalue weighted by Gasteiger charge is 2.20. The van der Waals surface area contributed by atoms with Gasteiger partial charge in [0.05, 0.1) is 5.69 Å². The molecule has 2 aromatic heterocycles. The van der Waals surface area contributed by atoms with Crippen LogP contribution in [-0.4, -0.2) is 28.6 Å². The third kappa shape index (κ3) is 3.26. The van der Waals surface area contributed by atoms with Crippen LogP contribution >= 0.6 is 22.7 Å². The van der Waals surface area contributed by atoms with Crippen LogP contribution in [0, 0.1) is 12.8 Å². The number of aryl methyl sites for hydroxylation is 1. The molecule has 0 aliphatic carbocycles. The molecule has 2 atom stereocenters. The highest BCUT2D eigenvalue weighted by Crippen LogP contribution is 2.29. The molecule has 6 heteroatoms. The minimum absolute atomic E-state index is 0.0310. The summed E-state index contributed by atoms with van der Waals surface area (Å²) in [5.74, 6) is -0.0854. The number of hydrogen-bond donors (Lipinski definition) is 2. The first-order valence-electron chi connectivity index (χ1n) is 6.44. The standard InChI is InChI=1S/C14H18N2O2S2/c1-8(6-17)9(2)15-13(18)12-10(3)16-14(20-12)11-4-5-19-7-11/h4-5,7-9,17H,6H2,1-3H3,(H,15,18). The molecule has 1 amide bonds. The number of thiophene rings is 1. The van der Waals surface area contributed by atoms with Gasteiger partial charge in [0.1, 0.15) is 9.88 Å². The van der Waals surface area contributed by atoms with E-state index in [0.717, 1.165) is 16.3 Å². The summed E-state index contributed by atoms with van der Waals surface area (Å²) in [5.41, 5.74) is 1.80. The molecule has 0 saturated heterocycles. The predicted octanol–water partition coefficient (Wildman–Crippen LogP) is 2.93. The lowest BCUT2D eigenvalue weighted by atomic mass is 10.1. The van der Waals surface area contributed by atoms with Crippen molar-refractivity contribution in [3.8, 4) is 10.6 Å². The van der Waals surface area contributed by atoms with Crippen molar-refractivity contribution in [3.05, 3.63) is 27.4 Å². The smallest absolute Gasteiger partial charge is 0.263 e. The second kappa shape index (κ2) is 6.47. The zero-order valence-electron chi connectivity index (χ0n) is 11.7. The van der Waals surface area contributed by atoms with Crippen LogP contribution in [0.4, 0.5) is 0 Å². The van der Waals surface area contributed by atoms with Crippen LogP contribution in [0.3, 0.4) is 0 Å². The third-order valence-electron chi connectivity index (χ3n) is 3.27. The Morgan fingerprint density at radius 3 is 2.85 bits per heavy atom. The first-order valence-corrected chi connectivity index (χ1v) is 8.20. The normalized spacial score (nSPS) is 14.0. The summed E-state index contributed by atoms with van der Waals surface area (Å²) < 4.78 is 0. The van der Waals surface area contributed by atoms with Crippen LogP contribution < -0.4 is 5.32 Å². The lowest BCUT2D eigenvalue weighted by Crippen LogP contribution is -2.38. The zero-order valence-corrected chi connectivity index (χ0v) is 13.3. The van der Waals surface area contributed by atoms with E-state index >= 15 is 0 Å². The topological polar surface area (TPSA) is 62.2 Å². The summed E-state index contributed by atoms with van der Waals surface area (Å²) >= 11 is 3.02. The van der Waals surface area contributed by atoms with E-state index in [0.29, 0.717) is 4.88 Å². The van der Waals surface area contributed by atoms with Gasteiger partial charge in [-0.15, -0.1) is 11.3 Å². The molecule has 2 heterocycles. The molecular weight excluding hydrogens is 292 g/mol. The van der Waals surface area contributed by atoms with E-state index in [2.05, 4.69) is 10.3 Å². The van der Waals surface area contributed by atoms with Crippen LogP contribution in [0.5, 0.6) is 0 Å². The van der Waals surface area contributed by atoms with Gasteiger partial charge in [0.2, 0.25) is 0 Å². The van der Waals surface area contributed by atoms with Gasteiger partial charge in [-0.1, -0.05) is 6.92 Å². The minimum atomic E-state index is -0.116. The highest BCUT2D eigenvalue weighted by atomic mass is 32.1. The summed E-state index contributed by atoms with van der Waals surface area (Å²) in [7, 11) is 0. The molecule has 0 aliphatic rings. The number of aliphatic hydroxyl groups excluding tert-OH is 1. The third-order valence-corrected chi connectivity index (χ3v) is 5.16. The van der Waals surface area contributed by atoms with Gasteiger partial charge in [0.15, 0.2) is 0 Å². The summed E-state index contributed by atoms with van der Waals surface area (Å²) in [5, 5.41) is 16.9. The van der Waals surface area contributed by atoms with Crippen LogP contribution in [-0.2, 0) is 0 Å². The van der Waals surface area contributed by atoms with Crippen molar-refractivity contribution in [3.63, 3.8) is 0 Å². The number of aliphatic hydroxyl groups is 1. The fourth-order valence-electron chi connectivity index (χ4n) is 1.69. The van der Waals surface area contributed by atoms with Crippen LogP contribution in [0.1, 0.15) is 29.2 Å². The van der Waals surface area contributed by atoms with Crippen LogP contribution in [0.25, 0.3) is 10.6 Å². The molecule has 2 N–H and O–H groups in total. The molecule has 4 nitrogen and oxygen atoms in total. The van der Waals surface area contributed by atoms with E-state index in [1.165, 1.54) is 11.3 Å². The highest BCUT2D eigenvalue weighted by molar-refractivity contribution is 7.17. The van der Waals surface area contributed by atoms with Gasteiger partial charge in [-0.25, -0.2) is 4.98 Å². The number of aromatic nitrogens is 1. The molecule has 20 heavy (non-hydrogen) atoms. The van der Waals surface area contributed by atoms with E-state index in [1.807, 2.05) is 37.6 Å². The van der Waals surface area contributed by atoms with Crippen molar-refractivity contribution in [2.75, 3.05) is 6.61 Å². The average molecular weight is 310 g/mol. The van der Waals surface area contributed by atoms with Crippen molar-refractivity contribution in [1.29, 1.82) is 0 Å². The van der Waals surface area contributed by atoms with Gasteiger partial charge in [-0.2, -0.15) is 11.3 Å². The number of thiazole rings is 1. The Labute approximate surface area is 126 Å². The van der Waals surface area contributed by atoms with E-state index in [-0.39, 0.29) is 24.5 Å². The van der Waals surface area contributed by atoms with Crippen molar-refractivity contribution >= 4 is 28.6 Å². The molecule has 0 radical (unpaired) electrons. The molecule has 0 aromatic carbocycles. The summed E-state index contributed by atoms with van der Waals surface area (Å²) in [6.07, 6.45) is 0. The number of rotatable bonds is 5. The second-order valence-corrected chi connectivity index (χ2v) is 6.65. The Morgan fingerprint density at radius 1 is 1.50 bits per heavy atom. The van der Waals surface area contributed by atoms with Crippen molar-refractivity contribution < 1.29 is 9.90 Å². The molecule has 0 spiro atoms. The quantitative estimate of drug-likeness (QED) is 0.892. The number of amides is 1. The first-order chi connectivity index (χ1) is 9.52. The maximum absolute atomic E-state index is 12.3. The fourth-order valence-corrected chi connectivity index (χ4v) is 3.37. The predicted molar refractivity (Wildman–Crippen MR) is 83.3 cm³/mol. The summed E-state index contributed by atoms with van der Waals surface area (Å²) in [6.45, 7) is 5.71. The maximum Gasteiger partial charge on any atom is 0.263 e. The molecule has 0 bridgehead atoms. The van der Waals surface area contributed by atoms with E-state index < -0.39 is 0 Å². The molecule has 2 unspecified atom stereocenters. The van der Waals surface area contributed by atoms with E-state index in [1.54, 1.807) is 11.3 Å². The number of nitrogens with zero attached hydrogens (tertiary/aromatic N) is 1. The fraction of sp³-hybridized carbons (Fsp3) is 0.429. The minimum Gasteiger partial charge on any atom is -0.396 e. The Balaban J connectivity index is 2.15. The lowest BCUT2D eigenvalue weighted by Gasteiger charge is -2.18. The first kappa shape index (κ1) is 15.2. The van der Waals surface area contributed by atoms with Crippen molar-refractivity contribution in [2.24, 2.45) is 5.92 Å². The molecule has 0 fully saturated rings. The van der Waals surface area contributed by atoms with Gasteiger partial charge in [0, 0.05) is 23.6 Å². The van der Waals surface area contributed by atoms with Crippen molar-refractivity contribution in [1.82, 2.24) is 10.3 Å².